The minimum Gasteiger partial charge on any atom is -0.478 e. The van der Waals surface area contributed by atoms with Crippen LogP contribution in [0.25, 0.3) is 0 Å². The highest BCUT2D eigenvalue weighted by Crippen LogP contribution is 2.26. The van der Waals surface area contributed by atoms with Gasteiger partial charge in [0.15, 0.2) is 0 Å². The number of nitrogens with one attached hydrogen (secondary N) is 1. The quantitative estimate of drug-likeness (QED) is 0.578. The van der Waals surface area contributed by atoms with Crippen molar-refractivity contribution in [2.24, 2.45) is 0 Å². The molecule has 114 valence electrons. The van der Waals surface area contributed by atoms with Gasteiger partial charge >= 0.3 is 5.97 Å². The van der Waals surface area contributed by atoms with Crippen LogP contribution in [0.3, 0.4) is 0 Å². The summed E-state index contributed by atoms with van der Waals surface area (Å²) in [4.78, 5) is 34.6. The minimum absolute atomic E-state index is 0.0637. The number of nitrogens with zero attached hydrogens (tertiary/aromatic N) is 2. The molecule has 0 fully saturated rings. The summed E-state index contributed by atoms with van der Waals surface area (Å²) in [5, 5.41) is 22.6. The Morgan fingerprint density at radius 1 is 1.38 bits per heavy atom. The Morgan fingerprint density at radius 2 is 2.05 bits per heavy atom. The maximum absolute atomic E-state index is 11.7. The van der Waals surface area contributed by atoms with Crippen LogP contribution >= 0.6 is 0 Å². The van der Waals surface area contributed by atoms with Crippen molar-refractivity contribution in [3.63, 3.8) is 0 Å². The second-order valence-corrected chi connectivity index (χ2v) is 4.23. The van der Waals surface area contributed by atoms with Crippen LogP contribution in [0, 0.1) is 10.1 Å². The zero-order chi connectivity index (χ0) is 16.0. The van der Waals surface area contributed by atoms with E-state index in [-0.39, 0.29) is 29.4 Å². The molecule has 0 bridgehead atoms. The molecular weight excluding hydrogens is 278 g/mol. The number of nitro groups is 1. The van der Waals surface area contributed by atoms with Crippen LogP contribution < -0.4 is 10.2 Å². The molecule has 0 spiro atoms. The van der Waals surface area contributed by atoms with E-state index in [2.05, 4.69) is 5.32 Å². The first-order chi connectivity index (χ1) is 9.90. The van der Waals surface area contributed by atoms with E-state index in [1.165, 1.54) is 17.0 Å². The largest absolute Gasteiger partial charge is 0.478 e. The molecule has 0 aliphatic heterocycles. The van der Waals surface area contributed by atoms with E-state index in [0.29, 0.717) is 13.1 Å². The Bertz CT molecular complexity index is 559. The second-order valence-electron chi connectivity index (χ2n) is 4.23. The Morgan fingerprint density at radius 3 is 2.52 bits per heavy atom. The lowest BCUT2D eigenvalue weighted by Crippen LogP contribution is -2.37. The van der Waals surface area contributed by atoms with Crippen molar-refractivity contribution in [3.8, 4) is 0 Å². The molecule has 1 rings (SSSR count). The number of amides is 1. The number of non-ortho nitro benzene ring substituents is 1. The van der Waals surface area contributed by atoms with Gasteiger partial charge in [-0.2, -0.15) is 0 Å². The van der Waals surface area contributed by atoms with Crippen molar-refractivity contribution in [1.82, 2.24) is 5.32 Å². The van der Waals surface area contributed by atoms with Crippen molar-refractivity contribution in [2.45, 2.75) is 13.8 Å². The molecule has 0 heterocycles. The van der Waals surface area contributed by atoms with Gasteiger partial charge in [-0.25, -0.2) is 4.79 Å². The molecule has 0 atom stereocenters. The SMILES string of the molecule is CCNC(=O)CN(CC)c1cc([N+](=O)[O-])ccc1C(=O)O. The normalized spacial score (nSPS) is 10.0. The molecule has 8 heteroatoms. The lowest BCUT2D eigenvalue weighted by molar-refractivity contribution is -0.384. The summed E-state index contributed by atoms with van der Waals surface area (Å²) in [6.07, 6.45) is 0. The van der Waals surface area contributed by atoms with E-state index in [1.807, 2.05) is 0 Å². The standard InChI is InChI=1S/C13H17N3O5/c1-3-14-12(17)8-15(4-2)11-7-9(16(20)21)5-6-10(11)13(18)19/h5-7H,3-4,8H2,1-2H3,(H,14,17)(H,18,19). The van der Waals surface area contributed by atoms with Crippen molar-refractivity contribution in [1.29, 1.82) is 0 Å². The molecule has 0 saturated carbocycles. The molecule has 1 aromatic carbocycles. The topological polar surface area (TPSA) is 113 Å². The maximum atomic E-state index is 11.7. The van der Waals surface area contributed by atoms with Gasteiger partial charge < -0.3 is 15.3 Å². The summed E-state index contributed by atoms with van der Waals surface area (Å²) in [5.74, 6) is -1.48. The van der Waals surface area contributed by atoms with Crippen LogP contribution in [-0.4, -0.2) is 41.5 Å². The van der Waals surface area contributed by atoms with E-state index in [1.54, 1.807) is 13.8 Å². The Labute approximate surface area is 121 Å². The van der Waals surface area contributed by atoms with Crippen LogP contribution in [0.1, 0.15) is 24.2 Å². The molecule has 0 aliphatic carbocycles. The number of benzene rings is 1. The summed E-state index contributed by atoms with van der Waals surface area (Å²) in [6.45, 7) is 4.25. The predicted octanol–water partition coefficient (Wildman–Crippen LogP) is 1.26. The molecular formula is C13H17N3O5. The molecule has 0 radical (unpaired) electrons. The number of nitro benzene ring substituents is 1. The average Bonchev–Trinajstić information content (AvgIpc) is 2.44. The van der Waals surface area contributed by atoms with Gasteiger partial charge in [0.1, 0.15) is 0 Å². The van der Waals surface area contributed by atoms with E-state index in [0.717, 1.165) is 6.07 Å². The highest BCUT2D eigenvalue weighted by Gasteiger charge is 2.20. The molecule has 0 saturated heterocycles. The van der Waals surface area contributed by atoms with Crippen molar-refractivity contribution in [2.75, 3.05) is 24.5 Å². The Hall–Kier alpha value is -2.64. The minimum atomic E-state index is -1.20. The monoisotopic (exact) mass is 295 g/mol. The van der Waals surface area contributed by atoms with Gasteiger partial charge in [0.05, 0.1) is 22.7 Å². The summed E-state index contributed by atoms with van der Waals surface area (Å²) < 4.78 is 0. The highest BCUT2D eigenvalue weighted by molar-refractivity contribution is 5.96. The third-order valence-corrected chi connectivity index (χ3v) is 2.85. The van der Waals surface area contributed by atoms with E-state index in [9.17, 15) is 24.8 Å². The number of rotatable bonds is 7. The van der Waals surface area contributed by atoms with E-state index in [4.69, 9.17) is 0 Å². The molecule has 1 amide bonds. The fourth-order valence-corrected chi connectivity index (χ4v) is 1.87. The fraction of sp³-hybridized carbons (Fsp3) is 0.385. The third kappa shape index (κ3) is 4.16. The van der Waals surface area contributed by atoms with Gasteiger partial charge in [-0.15, -0.1) is 0 Å². The van der Waals surface area contributed by atoms with Crippen LogP contribution in [0.4, 0.5) is 11.4 Å². The summed E-state index contributed by atoms with van der Waals surface area (Å²) >= 11 is 0. The first-order valence-corrected chi connectivity index (χ1v) is 6.44. The summed E-state index contributed by atoms with van der Waals surface area (Å²) in [6, 6.07) is 3.48. The number of hydrogen-bond acceptors (Lipinski definition) is 5. The second kappa shape index (κ2) is 7.22. The first-order valence-electron chi connectivity index (χ1n) is 6.44. The van der Waals surface area contributed by atoms with Crippen molar-refractivity contribution < 1.29 is 19.6 Å². The Kier molecular flexibility index (Phi) is 5.65. The smallest absolute Gasteiger partial charge is 0.337 e. The van der Waals surface area contributed by atoms with Crippen LogP contribution in [0.2, 0.25) is 0 Å². The predicted molar refractivity (Wildman–Crippen MR) is 76.6 cm³/mol. The summed E-state index contributed by atoms with van der Waals surface area (Å²) in [5.41, 5.74) is -0.137. The van der Waals surface area contributed by atoms with Crippen LogP contribution in [0.5, 0.6) is 0 Å². The lowest BCUT2D eigenvalue weighted by Gasteiger charge is -2.23. The van der Waals surface area contributed by atoms with Crippen molar-refractivity contribution >= 4 is 23.3 Å². The number of carbonyl (C=O) groups is 2. The zero-order valence-corrected chi connectivity index (χ0v) is 11.8. The van der Waals surface area contributed by atoms with Gasteiger partial charge in [-0.3, -0.25) is 14.9 Å². The van der Waals surface area contributed by atoms with Gasteiger partial charge in [-0.1, -0.05) is 0 Å². The number of anilines is 1. The number of likely N-dealkylation sites (N-methyl/N-ethyl adjacent to an activating group) is 2. The van der Waals surface area contributed by atoms with Crippen LogP contribution in [0.15, 0.2) is 18.2 Å². The molecule has 0 unspecified atom stereocenters. The van der Waals surface area contributed by atoms with Crippen LogP contribution in [-0.2, 0) is 4.79 Å². The maximum Gasteiger partial charge on any atom is 0.337 e. The number of hydrogen-bond donors (Lipinski definition) is 2. The molecule has 1 aromatic rings. The number of aromatic carboxylic acids is 1. The average molecular weight is 295 g/mol. The van der Waals surface area contributed by atoms with Gasteiger partial charge in [-0.05, 0) is 19.9 Å². The van der Waals surface area contributed by atoms with E-state index < -0.39 is 10.9 Å². The fourth-order valence-electron chi connectivity index (χ4n) is 1.87. The number of carboxylic acid groups (broad SMARTS) is 1. The van der Waals surface area contributed by atoms with Gasteiger partial charge in [0.2, 0.25) is 5.91 Å². The molecule has 0 aliphatic rings. The van der Waals surface area contributed by atoms with Gasteiger partial charge in [0.25, 0.3) is 5.69 Å². The Balaban J connectivity index is 3.21. The summed E-state index contributed by atoms with van der Waals surface area (Å²) in [7, 11) is 0. The number of carboxylic acids is 1. The molecule has 8 nitrogen and oxygen atoms in total. The first kappa shape index (κ1) is 16.4. The lowest BCUT2D eigenvalue weighted by atomic mass is 10.1. The number of carbonyl (C=O) groups excluding carboxylic acids is 1. The molecule has 21 heavy (non-hydrogen) atoms. The molecule has 2 N–H and O–H groups in total. The van der Waals surface area contributed by atoms with Gasteiger partial charge in [0, 0.05) is 25.2 Å². The van der Waals surface area contributed by atoms with Crippen molar-refractivity contribution in [3.05, 3.63) is 33.9 Å². The van der Waals surface area contributed by atoms with E-state index >= 15 is 0 Å². The third-order valence-electron chi connectivity index (χ3n) is 2.85. The molecule has 0 aromatic heterocycles. The highest BCUT2D eigenvalue weighted by atomic mass is 16.6. The zero-order valence-electron chi connectivity index (χ0n) is 11.8.